The molecule has 1 N–H and O–H groups in total. The Morgan fingerprint density at radius 2 is 2.16 bits per heavy atom. The van der Waals surface area contributed by atoms with E-state index in [1.54, 1.807) is 0 Å². The lowest BCUT2D eigenvalue weighted by molar-refractivity contribution is 0.0550. The maximum absolute atomic E-state index is 5.82. The summed E-state index contributed by atoms with van der Waals surface area (Å²) in [6.45, 7) is 8.07. The Kier molecular flexibility index (Phi) is 5.16. The highest BCUT2D eigenvalue weighted by Crippen LogP contribution is 2.22. The summed E-state index contributed by atoms with van der Waals surface area (Å²) in [6, 6.07) is 2.69. The second-order valence-corrected chi connectivity index (χ2v) is 5.36. The largest absolute Gasteiger partial charge is 0.491 e. The Bertz CT molecular complexity index is 403. The molecule has 0 spiro atoms. The Morgan fingerprint density at radius 3 is 2.84 bits per heavy atom. The highest BCUT2D eigenvalue weighted by molar-refractivity contribution is 5.32. The molecule has 1 aliphatic carbocycles. The minimum atomic E-state index is 0.249. The van der Waals surface area contributed by atoms with Crippen molar-refractivity contribution in [2.75, 3.05) is 13.2 Å². The van der Waals surface area contributed by atoms with Crippen LogP contribution in [-0.4, -0.2) is 30.3 Å². The quantitative estimate of drug-likeness (QED) is 0.732. The van der Waals surface area contributed by atoms with Gasteiger partial charge in [-0.3, -0.25) is 4.98 Å². The number of rotatable bonds is 8. The van der Waals surface area contributed by atoms with Gasteiger partial charge < -0.3 is 14.8 Å². The molecule has 0 aliphatic heterocycles. The summed E-state index contributed by atoms with van der Waals surface area (Å²) in [5.41, 5.74) is 2.11. The predicted octanol–water partition coefficient (Wildman–Crippen LogP) is 2.45. The van der Waals surface area contributed by atoms with E-state index < -0.39 is 0 Å². The summed E-state index contributed by atoms with van der Waals surface area (Å²) in [4.78, 5) is 4.34. The molecular weight excluding hydrogens is 240 g/mol. The zero-order valence-corrected chi connectivity index (χ0v) is 12.1. The number of pyridine rings is 1. The van der Waals surface area contributed by atoms with Crippen LogP contribution in [0.2, 0.25) is 0 Å². The molecule has 1 heterocycles. The molecule has 1 saturated carbocycles. The molecule has 1 aliphatic rings. The first-order chi connectivity index (χ1) is 9.15. The van der Waals surface area contributed by atoms with Crippen LogP contribution in [0.25, 0.3) is 0 Å². The fourth-order valence-electron chi connectivity index (χ4n) is 1.81. The highest BCUT2D eigenvalue weighted by atomic mass is 16.5. The van der Waals surface area contributed by atoms with Gasteiger partial charge in [0.1, 0.15) is 12.4 Å². The van der Waals surface area contributed by atoms with Crippen LogP contribution in [0.5, 0.6) is 5.75 Å². The van der Waals surface area contributed by atoms with Gasteiger partial charge in [-0.2, -0.15) is 0 Å². The van der Waals surface area contributed by atoms with Crippen molar-refractivity contribution in [3.05, 3.63) is 23.5 Å². The predicted molar refractivity (Wildman–Crippen MR) is 75.4 cm³/mol. The average Bonchev–Trinajstić information content (AvgIpc) is 3.17. The van der Waals surface area contributed by atoms with Crippen LogP contribution in [-0.2, 0) is 11.3 Å². The van der Waals surface area contributed by atoms with Crippen molar-refractivity contribution < 1.29 is 9.47 Å². The summed E-state index contributed by atoms with van der Waals surface area (Å²) < 4.78 is 11.3. The van der Waals surface area contributed by atoms with Crippen LogP contribution in [0.4, 0.5) is 0 Å². The molecule has 0 bridgehead atoms. The second kappa shape index (κ2) is 6.87. The van der Waals surface area contributed by atoms with Gasteiger partial charge in [-0.05, 0) is 33.6 Å². The van der Waals surface area contributed by atoms with Gasteiger partial charge >= 0.3 is 0 Å². The number of aromatic nitrogens is 1. The lowest BCUT2D eigenvalue weighted by atomic mass is 10.2. The van der Waals surface area contributed by atoms with Crippen LogP contribution in [0, 0.1) is 6.92 Å². The van der Waals surface area contributed by atoms with Crippen molar-refractivity contribution >= 4 is 0 Å². The van der Waals surface area contributed by atoms with E-state index in [0.717, 1.165) is 23.6 Å². The molecule has 0 saturated heterocycles. The van der Waals surface area contributed by atoms with Gasteiger partial charge in [-0.15, -0.1) is 0 Å². The first kappa shape index (κ1) is 14.3. The van der Waals surface area contributed by atoms with Crippen LogP contribution in [0.15, 0.2) is 12.3 Å². The molecule has 1 aromatic heterocycles. The van der Waals surface area contributed by atoms with Crippen molar-refractivity contribution in [2.24, 2.45) is 0 Å². The van der Waals surface area contributed by atoms with Crippen LogP contribution in [0.3, 0.4) is 0 Å². The minimum absolute atomic E-state index is 0.249. The van der Waals surface area contributed by atoms with E-state index in [9.17, 15) is 0 Å². The van der Waals surface area contributed by atoms with Crippen molar-refractivity contribution in [3.8, 4) is 5.75 Å². The van der Waals surface area contributed by atoms with Gasteiger partial charge in [0.15, 0.2) is 0 Å². The standard InChI is InChI=1S/C15H24N2O2/c1-11(2)18-6-7-19-15-8-12(3)16-9-13(15)10-17-14-4-5-14/h8-9,11,14,17H,4-7,10H2,1-3H3. The molecule has 4 nitrogen and oxygen atoms in total. The fraction of sp³-hybridized carbons (Fsp3) is 0.667. The smallest absolute Gasteiger partial charge is 0.127 e. The normalized spacial score (nSPS) is 14.9. The van der Waals surface area contributed by atoms with Gasteiger partial charge in [-0.25, -0.2) is 0 Å². The second-order valence-electron chi connectivity index (χ2n) is 5.36. The number of hydrogen-bond donors (Lipinski definition) is 1. The number of nitrogens with zero attached hydrogens (tertiary/aromatic N) is 1. The Labute approximate surface area is 115 Å². The molecule has 0 amide bonds. The van der Waals surface area contributed by atoms with E-state index in [-0.39, 0.29) is 6.10 Å². The molecule has 0 radical (unpaired) electrons. The SMILES string of the molecule is Cc1cc(OCCOC(C)C)c(CNC2CC2)cn1. The summed E-state index contributed by atoms with van der Waals surface area (Å²) in [5.74, 6) is 0.924. The van der Waals surface area contributed by atoms with E-state index in [4.69, 9.17) is 9.47 Å². The topological polar surface area (TPSA) is 43.4 Å². The first-order valence-corrected chi connectivity index (χ1v) is 7.08. The molecule has 106 valence electrons. The lowest BCUT2D eigenvalue weighted by Crippen LogP contribution is -2.17. The Balaban J connectivity index is 1.86. The summed E-state index contributed by atoms with van der Waals surface area (Å²) in [5, 5.41) is 3.49. The molecule has 0 aromatic carbocycles. The minimum Gasteiger partial charge on any atom is -0.491 e. The van der Waals surface area contributed by atoms with Gasteiger partial charge in [0.25, 0.3) is 0 Å². The number of ether oxygens (including phenoxy) is 2. The van der Waals surface area contributed by atoms with Gasteiger partial charge in [0.2, 0.25) is 0 Å². The fourth-order valence-corrected chi connectivity index (χ4v) is 1.81. The third-order valence-electron chi connectivity index (χ3n) is 3.03. The number of aryl methyl sites for hydroxylation is 1. The molecule has 2 rings (SSSR count). The molecule has 1 aromatic rings. The third kappa shape index (κ3) is 5.17. The van der Waals surface area contributed by atoms with Gasteiger partial charge in [0, 0.05) is 36.1 Å². The van der Waals surface area contributed by atoms with Crippen molar-refractivity contribution in [3.63, 3.8) is 0 Å². The summed E-state index contributed by atoms with van der Waals surface area (Å²) >= 11 is 0. The number of hydrogen-bond acceptors (Lipinski definition) is 4. The highest BCUT2D eigenvalue weighted by Gasteiger charge is 2.20. The first-order valence-electron chi connectivity index (χ1n) is 7.08. The number of nitrogens with one attached hydrogen (secondary N) is 1. The summed E-state index contributed by atoms with van der Waals surface area (Å²) in [6.07, 6.45) is 4.73. The van der Waals surface area contributed by atoms with E-state index in [2.05, 4.69) is 10.3 Å². The van der Waals surface area contributed by atoms with Crippen LogP contribution >= 0.6 is 0 Å². The molecular formula is C15H24N2O2. The maximum atomic E-state index is 5.82. The van der Waals surface area contributed by atoms with Gasteiger partial charge in [0.05, 0.1) is 12.7 Å². The Hall–Kier alpha value is -1.13. The van der Waals surface area contributed by atoms with E-state index in [1.165, 1.54) is 12.8 Å². The van der Waals surface area contributed by atoms with Crippen molar-refractivity contribution in [2.45, 2.75) is 52.3 Å². The van der Waals surface area contributed by atoms with Crippen LogP contribution < -0.4 is 10.1 Å². The van der Waals surface area contributed by atoms with Gasteiger partial charge in [-0.1, -0.05) is 0 Å². The molecule has 19 heavy (non-hydrogen) atoms. The molecule has 0 atom stereocenters. The van der Waals surface area contributed by atoms with Crippen LogP contribution in [0.1, 0.15) is 37.9 Å². The van der Waals surface area contributed by atoms with E-state index in [0.29, 0.717) is 19.3 Å². The summed E-state index contributed by atoms with van der Waals surface area (Å²) in [7, 11) is 0. The zero-order chi connectivity index (χ0) is 13.7. The molecule has 4 heteroatoms. The maximum Gasteiger partial charge on any atom is 0.127 e. The monoisotopic (exact) mass is 264 g/mol. The van der Waals surface area contributed by atoms with E-state index >= 15 is 0 Å². The van der Waals surface area contributed by atoms with Crippen molar-refractivity contribution in [1.29, 1.82) is 0 Å². The van der Waals surface area contributed by atoms with E-state index in [1.807, 2.05) is 33.0 Å². The third-order valence-corrected chi connectivity index (χ3v) is 3.03. The molecule has 1 fully saturated rings. The zero-order valence-electron chi connectivity index (χ0n) is 12.1. The Morgan fingerprint density at radius 1 is 1.37 bits per heavy atom. The molecule has 0 unspecified atom stereocenters. The average molecular weight is 264 g/mol. The van der Waals surface area contributed by atoms with Crippen molar-refractivity contribution in [1.82, 2.24) is 10.3 Å². The lowest BCUT2D eigenvalue weighted by Gasteiger charge is -2.13.